The lowest BCUT2D eigenvalue weighted by molar-refractivity contribution is 0.306. The number of rotatable bonds is 22. The molecule has 0 aliphatic rings. The number of hydrogen-bond acceptors (Lipinski definition) is 3. The summed E-state index contributed by atoms with van der Waals surface area (Å²) in [6.07, 6.45) is 27.9. The summed E-state index contributed by atoms with van der Waals surface area (Å²) in [7, 11) is -3.61. The molecule has 190 valence electrons. The van der Waals surface area contributed by atoms with E-state index in [4.69, 9.17) is 4.18 Å². The number of allylic oxidation sites excluding steroid dienone is 2. The highest BCUT2D eigenvalue weighted by molar-refractivity contribution is 7.86. The van der Waals surface area contributed by atoms with Gasteiger partial charge in [0.2, 0.25) is 0 Å². The third kappa shape index (κ3) is 17.0. The average Bonchev–Trinajstić information content (AvgIpc) is 2.80. The quantitative estimate of drug-likeness (QED) is 0.0947. The molecule has 0 aromatic heterocycles. The van der Waals surface area contributed by atoms with Gasteiger partial charge >= 0.3 is 0 Å². The molecule has 33 heavy (non-hydrogen) atoms. The molecule has 4 heteroatoms. The van der Waals surface area contributed by atoms with Crippen molar-refractivity contribution in [3.63, 3.8) is 0 Å². The van der Waals surface area contributed by atoms with E-state index in [0.717, 1.165) is 24.8 Å². The highest BCUT2D eigenvalue weighted by atomic mass is 32.2. The summed E-state index contributed by atoms with van der Waals surface area (Å²) in [5.41, 5.74) is 1.04. The van der Waals surface area contributed by atoms with Crippen LogP contribution in [-0.2, 0) is 14.3 Å². The van der Waals surface area contributed by atoms with Crippen molar-refractivity contribution in [3.8, 4) is 0 Å². The molecule has 0 aliphatic carbocycles. The molecule has 0 saturated heterocycles. The molecule has 0 heterocycles. The third-order valence-corrected chi connectivity index (χ3v) is 7.53. The Hall–Kier alpha value is -1.13. The summed E-state index contributed by atoms with van der Waals surface area (Å²) in [6, 6.07) is 6.81. The lowest BCUT2D eigenvalue weighted by Crippen LogP contribution is -2.07. The van der Waals surface area contributed by atoms with Crippen LogP contribution >= 0.6 is 0 Å². The normalized spacial score (nSPS) is 12.1. The minimum absolute atomic E-state index is 0.247. The van der Waals surface area contributed by atoms with E-state index in [1.807, 2.05) is 6.92 Å². The first kappa shape index (κ1) is 29.9. The lowest BCUT2D eigenvalue weighted by atomic mass is 10.1. The van der Waals surface area contributed by atoms with E-state index in [1.54, 1.807) is 24.3 Å². The third-order valence-electron chi connectivity index (χ3n) is 6.20. The van der Waals surface area contributed by atoms with E-state index in [9.17, 15) is 8.42 Å². The Morgan fingerprint density at radius 1 is 0.636 bits per heavy atom. The molecule has 1 aromatic rings. The van der Waals surface area contributed by atoms with Gasteiger partial charge in [-0.15, -0.1) is 0 Å². The second-order valence-electron chi connectivity index (χ2n) is 9.44. The maximum Gasteiger partial charge on any atom is 0.296 e. The summed E-state index contributed by atoms with van der Waals surface area (Å²) in [5.74, 6) is 0. The van der Waals surface area contributed by atoms with Gasteiger partial charge in [0, 0.05) is 0 Å². The average molecular weight is 479 g/mol. The van der Waals surface area contributed by atoms with Crippen LogP contribution in [0, 0.1) is 6.92 Å². The number of hydrogen-bond donors (Lipinski definition) is 0. The van der Waals surface area contributed by atoms with E-state index >= 15 is 0 Å². The Bertz CT molecular complexity index is 692. The van der Waals surface area contributed by atoms with E-state index in [2.05, 4.69) is 19.1 Å². The molecular weight excluding hydrogens is 428 g/mol. The predicted octanol–water partition coefficient (Wildman–Crippen LogP) is 9.30. The Morgan fingerprint density at radius 3 is 1.55 bits per heavy atom. The van der Waals surface area contributed by atoms with Crippen molar-refractivity contribution < 1.29 is 12.6 Å². The number of unbranched alkanes of at least 4 members (excludes halogenated alkanes) is 16. The zero-order chi connectivity index (χ0) is 24.0. The first-order chi connectivity index (χ1) is 16.1. The fourth-order valence-corrected chi connectivity index (χ4v) is 4.94. The van der Waals surface area contributed by atoms with Gasteiger partial charge in [0.15, 0.2) is 0 Å². The lowest BCUT2D eigenvalue weighted by Gasteiger charge is -2.06. The van der Waals surface area contributed by atoms with Crippen LogP contribution in [0.1, 0.15) is 128 Å². The molecule has 0 spiro atoms. The van der Waals surface area contributed by atoms with Gasteiger partial charge in [0.05, 0.1) is 11.5 Å². The van der Waals surface area contributed by atoms with Crippen LogP contribution in [0.4, 0.5) is 0 Å². The molecule has 1 rings (SSSR count). The van der Waals surface area contributed by atoms with E-state index in [1.165, 1.54) is 96.3 Å². The van der Waals surface area contributed by atoms with Crippen molar-refractivity contribution in [2.75, 3.05) is 6.61 Å². The molecule has 0 bridgehead atoms. The molecule has 0 amide bonds. The monoisotopic (exact) mass is 478 g/mol. The van der Waals surface area contributed by atoms with Crippen LogP contribution in [0.2, 0.25) is 0 Å². The van der Waals surface area contributed by atoms with Gasteiger partial charge in [-0.3, -0.25) is 4.18 Å². The maximum absolute atomic E-state index is 12.1. The first-order valence-corrected chi connectivity index (χ1v) is 15.1. The van der Waals surface area contributed by atoms with Gasteiger partial charge in [-0.2, -0.15) is 8.42 Å². The van der Waals surface area contributed by atoms with Crippen LogP contribution < -0.4 is 0 Å². The fourth-order valence-electron chi connectivity index (χ4n) is 4.00. The summed E-state index contributed by atoms with van der Waals surface area (Å²) in [5, 5.41) is 0. The molecule has 0 unspecified atom stereocenters. The molecule has 0 atom stereocenters. The Balaban J connectivity index is 1.82. The van der Waals surface area contributed by atoms with Crippen LogP contribution in [0.15, 0.2) is 41.3 Å². The highest BCUT2D eigenvalue weighted by Crippen LogP contribution is 2.15. The largest absolute Gasteiger partial charge is 0.296 e. The minimum Gasteiger partial charge on any atom is -0.266 e. The summed E-state index contributed by atoms with van der Waals surface area (Å²) in [6.45, 7) is 4.49. The predicted molar refractivity (Wildman–Crippen MR) is 142 cm³/mol. The van der Waals surface area contributed by atoms with Crippen molar-refractivity contribution in [1.29, 1.82) is 0 Å². The fraction of sp³-hybridized carbons (Fsp3) is 0.724. The number of aryl methyl sites for hydroxylation is 1. The molecule has 3 nitrogen and oxygen atoms in total. The molecule has 0 fully saturated rings. The maximum atomic E-state index is 12.1. The Morgan fingerprint density at radius 2 is 1.06 bits per heavy atom. The highest BCUT2D eigenvalue weighted by Gasteiger charge is 2.14. The molecule has 1 aromatic carbocycles. The van der Waals surface area contributed by atoms with Crippen LogP contribution in [0.5, 0.6) is 0 Å². The van der Waals surface area contributed by atoms with Crippen molar-refractivity contribution in [1.82, 2.24) is 0 Å². The van der Waals surface area contributed by atoms with Gasteiger partial charge in [0.1, 0.15) is 0 Å². The smallest absolute Gasteiger partial charge is 0.266 e. The Kier molecular flexibility index (Phi) is 18.4. The van der Waals surface area contributed by atoms with Gasteiger partial charge in [-0.25, -0.2) is 0 Å². The zero-order valence-electron chi connectivity index (χ0n) is 21.5. The summed E-state index contributed by atoms with van der Waals surface area (Å²) in [4.78, 5) is 0.247. The van der Waals surface area contributed by atoms with Crippen molar-refractivity contribution in [2.24, 2.45) is 0 Å². The zero-order valence-corrected chi connectivity index (χ0v) is 22.3. The van der Waals surface area contributed by atoms with Gasteiger partial charge in [0.25, 0.3) is 10.1 Å². The van der Waals surface area contributed by atoms with Crippen molar-refractivity contribution in [2.45, 2.75) is 134 Å². The van der Waals surface area contributed by atoms with Gasteiger partial charge < -0.3 is 0 Å². The minimum atomic E-state index is -3.61. The molecule has 0 aliphatic heterocycles. The van der Waals surface area contributed by atoms with Crippen molar-refractivity contribution >= 4 is 10.1 Å². The Labute approximate surface area is 205 Å². The molecule has 0 N–H and O–H groups in total. The second-order valence-corrected chi connectivity index (χ2v) is 11.1. The van der Waals surface area contributed by atoms with Gasteiger partial charge in [-0.05, 0) is 51.2 Å². The molecular formula is C29H50O3S. The van der Waals surface area contributed by atoms with Crippen molar-refractivity contribution in [3.05, 3.63) is 42.0 Å². The van der Waals surface area contributed by atoms with E-state index in [0.29, 0.717) is 0 Å². The summed E-state index contributed by atoms with van der Waals surface area (Å²) >= 11 is 0. The second kappa shape index (κ2) is 20.3. The molecule has 0 saturated carbocycles. The molecule has 0 radical (unpaired) electrons. The number of benzene rings is 1. The van der Waals surface area contributed by atoms with Crippen LogP contribution in [0.3, 0.4) is 0 Å². The first-order valence-electron chi connectivity index (χ1n) is 13.7. The van der Waals surface area contributed by atoms with E-state index in [-0.39, 0.29) is 11.5 Å². The standard InChI is InChI=1S/C29H50O3S/c1-3-4-5-6-7-8-9-10-11-12-13-14-15-16-17-18-19-20-21-22-27-32-33(30,31)29-25-23-28(2)24-26-29/h10-11,23-26H,3-9,12-22,27H2,1-2H3/b11-10+. The summed E-state index contributed by atoms with van der Waals surface area (Å²) < 4.78 is 29.4. The van der Waals surface area contributed by atoms with Crippen LogP contribution in [0.25, 0.3) is 0 Å². The van der Waals surface area contributed by atoms with E-state index < -0.39 is 10.1 Å². The topological polar surface area (TPSA) is 43.4 Å². The SMILES string of the molecule is CCCCCCCC/C=C/CCCCCCCCCCCCOS(=O)(=O)c1ccc(C)cc1. The van der Waals surface area contributed by atoms with Crippen LogP contribution in [-0.4, -0.2) is 15.0 Å². The van der Waals surface area contributed by atoms with Gasteiger partial charge in [-0.1, -0.05) is 120 Å².